The first kappa shape index (κ1) is 24.4. The summed E-state index contributed by atoms with van der Waals surface area (Å²) in [6.07, 6.45) is 3.79. The van der Waals surface area contributed by atoms with Crippen LogP contribution in [0, 0.1) is 11.8 Å². The maximum absolute atomic E-state index is 13.2. The largest absolute Gasteiger partial charge is 0.452 e. The van der Waals surface area contributed by atoms with Crippen molar-refractivity contribution in [3.8, 4) is 0 Å². The van der Waals surface area contributed by atoms with Gasteiger partial charge in [-0.3, -0.25) is 4.79 Å². The van der Waals surface area contributed by atoms with Gasteiger partial charge in [0.05, 0.1) is 10.5 Å². The van der Waals surface area contributed by atoms with Gasteiger partial charge in [-0.2, -0.15) is 4.31 Å². The van der Waals surface area contributed by atoms with Crippen LogP contribution in [0.15, 0.2) is 53.4 Å². The molecule has 2 aromatic rings. The van der Waals surface area contributed by atoms with Crippen LogP contribution < -0.4 is 5.32 Å². The van der Waals surface area contributed by atoms with Gasteiger partial charge in [0.15, 0.2) is 6.61 Å². The first-order valence-corrected chi connectivity index (χ1v) is 13.3. The maximum Gasteiger partial charge on any atom is 0.338 e. The molecule has 2 aliphatic rings. The van der Waals surface area contributed by atoms with Crippen LogP contribution in [0.1, 0.15) is 54.6 Å². The standard InChI is InChI=1S/C26H32N2O5S/c1-18-7-5-12-24(19(18)2)27-25(29)17-33-26(30)21-10-6-11-23(15-21)34(31,32)28-14-13-20-8-3-4-9-22(20)16-28/h3-4,6,8-11,15,18-19,24H,5,7,12-14,16-17H2,1-2H3,(H,27,29). The van der Waals surface area contributed by atoms with Gasteiger partial charge < -0.3 is 10.1 Å². The lowest BCUT2D eigenvalue weighted by Crippen LogP contribution is -2.45. The van der Waals surface area contributed by atoms with Crippen LogP contribution in [0.25, 0.3) is 0 Å². The van der Waals surface area contributed by atoms with E-state index in [0.29, 0.717) is 31.3 Å². The normalized spacial score (nSPS) is 23.1. The number of carbonyl (C=O) groups excluding carboxylic acids is 2. The summed E-state index contributed by atoms with van der Waals surface area (Å²) in [6.45, 7) is 4.61. The van der Waals surface area contributed by atoms with Crippen molar-refractivity contribution < 1.29 is 22.7 Å². The van der Waals surface area contributed by atoms with Crippen molar-refractivity contribution >= 4 is 21.9 Å². The molecule has 1 aliphatic carbocycles. The molecule has 8 heteroatoms. The van der Waals surface area contributed by atoms with Crippen LogP contribution >= 0.6 is 0 Å². The Morgan fingerprint density at radius 2 is 1.82 bits per heavy atom. The van der Waals surface area contributed by atoms with Gasteiger partial charge in [-0.15, -0.1) is 0 Å². The highest BCUT2D eigenvalue weighted by Gasteiger charge is 2.30. The molecule has 1 fully saturated rings. The Labute approximate surface area is 201 Å². The second-order valence-corrected chi connectivity index (χ2v) is 11.3. The fourth-order valence-corrected chi connectivity index (χ4v) is 6.32. The Hall–Kier alpha value is -2.71. The van der Waals surface area contributed by atoms with E-state index in [2.05, 4.69) is 19.2 Å². The molecule has 0 bridgehead atoms. The van der Waals surface area contributed by atoms with E-state index >= 15 is 0 Å². The predicted octanol–water partition coefficient (Wildman–Crippen LogP) is 3.53. The number of benzene rings is 2. The third-order valence-electron chi connectivity index (χ3n) is 7.19. The molecule has 0 spiro atoms. The third kappa shape index (κ3) is 5.33. The lowest BCUT2D eigenvalue weighted by atomic mass is 9.78. The monoisotopic (exact) mass is 484 g/mol. The summed E-state index contributed by atoms with van der Waals surface area (Å²) in [5, 5.41) is 2.97. The Balaban J connectivity index is 1.38. The van der Waals surface area contributed by atoms with E-state index in [9.17, 15) is 18.0 Å². The average molecular weight is 485 g/mol. The van der Waals surface area contributed by atoms with E-state index in [1.165, 1.54) is 28.6 Å². The van der Waals surface area contributed by atoms with Gasteiger partial charge in [0.25, 0.3) is 5.91 Å². The molecule has 1 aliphatic heterocycles. The summed E-state index contributed by atoms with van der Waals surface area (Å²) >= 11 is 0. The first-order valence-electron chi connectivity index (χ1n) is 11.9. The van der Waals surface area contributed by atoms with Gasteiger partial charge in [-0.05, 0) is 54.0 Å². The molecule has 1 saturated carbocycles. The lowest BCUT2D eigenvalue weighted by molar-refractivity contribution is -0.125. The first-order chi connectivity index (χ1) is 16.3. The fraction of sp³-hybridized carbons (Fsp3) is 0.462. The summed E-state index contributed by atoms with van der Waals surface area (Å²) in [6, 6.07) is 13.7. The molecular weight excluding hydrogens is 452 g/mol. The molecule has 0 aromatic heterocycles. The fourth-order valence-electron chi connectivity index (χ4n) is 4.86. The number of carbonyl (C=O) groups is 2. The summed E-state index contributed by atoms with van der Waals surface area (Å²) in [5.41, 5.74) is 2.24. The van der Waals surface area contributed by atoms with E-state index in [-0.39, 0.29) is 22.4 Å². The van der Waals surface area contributed by atoms with Crippen molar-refractivity contribution in [2.24, 2.45) is 11.8 Å². The molecular formula is C26H32N2O5S. The number of nitrogens with zero attached hydrogens (tertiary/aromatic N) is 1. The molecule has 7 nitrogen and oxygen atoms in total. The van der Waals surface area contributed by atoms with E-state index in [1.54, 1.807) is 0 Å². The van der Waals surface area contributed by atoms with Gasteiger partial charge in [0.2, 0.25) is 10.0 Å². The van der Waals surface area contributed by atoms with Crippen LogP contribution in [0.3, 0.4) is 0 Å². The van der Waals surface area contributed by atoms with E-state index < -0.39 is 22.6 Å². The van der Waals surface area contributed by atoms with E-state index in [4.69, 9.17) is 4.74 Å². The van der Waals surface area contributed by atoms with Crippen molar-refractivity contribution in [2.75, 3.05) is 13.2 Å². The molecule has 3 unspecified atom stereocenters. The zero-order chi connectivity index (χ0) is 24.3. The molecule has 182 valence electrons. The Bertz CT molecular complexity index is 1160. The number of nitrogens with one attached hydrogen (secondary N) is 1. The molecule has 1 heterocycles. The highest BCUT2D eigenvalue weighted by atomic mass is 32.2. The lowest BCUT2D eigenvalue weighted by Gasteiger charge is -2.34. The topological polar surface area (TPSA) is 92.8 Å². The average Bonchev–Trinajstić information content (AvgIpc) is 2.85. The number of fused-ring (bicyclic) bond motifs is 1. The van der Waals surface area contributed by atoms with E-state index in [1.807, 2.05) is 24.3 Å². The minimum atomic E-state index is -3.78. The Morgan fingerprint density at radius 1 is 1.06 bits per heavy atom. The quantitative estimate of drug-likeness (QED) is 0.633. The van der Waals surface area contributed by atoms with Crippen molar-refractivity contribution in [1.82, 2.24) is 9.62 Å². The van der Waals surface area contributed by atoms with Gasteiger partial charge >= 0.3 is 5.97 Å². The van der Waals surface area contributed by atoms with Crippen molar-refractivity contribution in [3.63, 3.8) is 0 Å². The zero-order valence-electron chi connectivity index (χ0n) is 19.7. The van der Waals surface area contributed by atoms with Gasteiger partial charge in [-0.1, -0.05) is 57.0 Å². The smallest absolute Gasteiger partial charge is 0.338 e. The number of hydrogen-bond donors (Lipinski definition) is 1. The van der Waals surface area contributed by atoms with Crippen LogP contribution in [0.4, 0.5) is 0 Å². The molecule has 0 saturated heterocycles. The number of ether oxygens (including phenoxy) is 1. The summed E-state index contributed by atoms with van der Waals surface area (Å²) in [5.74, 6) is -0.145. The molecule has 0 radical (unpaired) electrons. The highest BCUT2D eigenvalue weighted by molar-refractivity contribution is 7.89. The second kappa shape index (κ2) is 10.3. The van der Waals surface area contributed by atoms with Crippen molar-refractivity contribution in [1.29, 1.82) is 0 Å². The van der Waals surface area contributed by atoms with Gasteiger partial charge in [0.1, 0.15) is 0 Å². The minimum Gasteiger partial charge on any atom is -0.452 e. The summed E-state index contributed by atoms with van der Waals surface area (Å²) < 4.78 is 33.1. The zero-order valence-corrected chi connectivity index (χ0v) is 20.5. The van der Waals surface area contributed by atoms with Crippen LogP contribution in [0.5, 0.6) is 0 Å². The van der Waals surface area contributed by atoms with Crippen LogP contribution in [-0.4, -0.2) is 43.8 Å². The van der Waals surface area contributed by atoms with Gasteiger partial charge in [0, 0.05) is 19.1 Å². The van der Waals surface area contributed by atoms with Crippen LogP contribution in [-0.2, 0) is 32.5 Å². The summed E-state index contributed by atoms with van der Waals surface area (Å²) in [4.78, 5) is 24.9. The predicted molar refractivity (Wildman–Crippen MR) is 129 cm³/mol. The van der Waals surface area contributed by atoms with Crippen molar-refractivity contribution in [2.45, 2.75) is 57.0 Å². The third-order valence-corrected chi connectivity index (χ3v) is 9.03. The Kier molecular flexibility index (Phi) is 7.38. The maximum atomic E-state index is 13.2. The SMILES string of the molecule is CC1CCCC(NC(=O)COC(=O)c2cccc(S(=O)(=O)N3CCc4ccccc4C3)c2)C1C. The molecule has 2 aromatic carbocycles. The number of rotatable bonds is 6. The number of amides is 1. The molecule has 1 amide bonds. The minimum absolute atomic E-state index is 0.0378. The summed E-state index contributed by atoms with van der Waals surface area (Å²) in [7, 11) is -3.78. The highest BCUT2D eigenvalue weighted by Crippen LogP contribution is 2.29. The molecule has 3 atom stereocenters. The molecule has 1 N–H and O–H groups in total. The number of sulfonamides is 1. The number of esters is 1. The van der Waals surface area contributed by atoms with Crippen LogP contribution in [0.2, 0.25) is 0 Å². The second-order valence-electron chi connectivity index (χ2n) is 9.40. The van der Waals surface area contributed by atoms with Crippen molar-refractivity contribution in [3.05, 3.63) is 65.2 Å². The van der Waals surface area contributed by atoms with Gasteiger partial charge in [-0.25, -0.2) is 13.2 Å². The number of hydrogen-bond acceptors (Lipinski definition) is 5. The van der Waals surface area contributed by atoms with E-state index in [0.717, 1.165) is 30.4 Å². The Morgan fingerprint density at radius 3 is 2.62 bits per heavy atom. The molecule has 34 heavy (non-hydrogen) atoms. The molecule has 4 rings (SSSR count).